The van der Waals surface area contributed by atoms with Crippen LogP contribution in [0.25, 0.3) is 0 Å². The van der Waals surface area contributed by atoms with Gasteiger partial charge in [0.1, 0.15) is 0 Å². The second-order valence-electron chi connectivity index (χ2n) is 6.24. The average molecular weight is 544 g/mol. The molecule has 0 aliphatic carbocycles. The summed E-state index contributed by atoms with van der Waals surface area (Å²) in [7, 11) is 1.93. The van der Waals surface area contributed by atoms with E-state index in [9.17, 15) is 0 Å². The molecule has 4 aromatic carbocycles. The first-order valence-corrected chi connectivity index (χ1v) is 17.6. The first kappa shape index (κ1) is 20.7. The van der Waals surface area contributed by atoms with Gasteiger partial charge < -0.3 is 0 Å². The van der Waals surface area contributed by atoms with Crippen LogP contribution in [0.4, 0.5) is 0 Å². The van der Waals surface area contributed by atoms with Crippen molar-refractivity contribution in [1.82, 2.24) is 0 Å². The van der Waals surface area contributed by atoms with Crippen LogP contribution in [0.2, 0.25) is 0 Å². The molecule has 29 heavy (non-hydrogen) atoms. The zero-order chi connectivity index (χ0) is 19.9. The number of thiocarbonyl (C=S) groups is 1. The fourth-order valence-corrected chi connectivity index (χ4v) is 23.2. The Hall–Kier alpha value is -1.54. The van der Waals surface area contributed by atoms with Crippen molar-refractivity contribution in [2.75, 3.05) is 0 Å². The van der Waals surface area contributed by atoms with Crippen LogP contribution in [0.1, 0.15) is 0 Å². The van der Waals surface area contributed by atoms with Crippen LogP contribution >= 0.6 is 33.0 Å². The van der Waals surface area contributed by atoms with Gasteiger partial charge in [0, 0.05) is 0 Å². The molecule has 4 rings (SSSR count). The Morgan fingerprint density at radius 1 is 0.517 bits per heavy atom. The molecule has 0 unspecified atom stereocenters. The van der Waals surface area contributed by atoms with Crippen LogP contribution in [0.15, 0.2) is 126 Å². The molecule has 0 nitrogen and oxygen atoms in total. The third-order valence-electron chi connectivity index (χ3n) is 4.36. The van der Waals surface area contributed by atoms with E-state index in [0.29, 0.717) is 0 Å². The van der Waals surface area contributed by atoms with Crippen molar-refractivity contribution in [2.45, 2.75) is 4.90 Å². The van der Waals surface area contributed by atoms with E-state index in [-0.39, 0.29) is 0 Å². The molecule has 0 aromatic heterocycles. The van der Waals surface area contributed by atoms with Gasteiger partial charge in [0.25, 0.3) is 0 Å². The monoisotopic (exact) mass is 546 g/mol. The Kier molecular flexibility index (Phi) is 7.13. The SMILES string of the molecule is S=C(Sc1ccccc1)S[Te](c1ccccc1)(c1ccccc1)c1ccccc1. The van der Waals surface area contributed by atoms with Crippen molar-refractivity contribution in [3.8, 4) is 0 Å². The molecule has 0 radical (unpaired) electrons. The zero-order valence-corrected chi connectivity index (χ0v) is 20.5. The third-order valence-corrected chi connectivity index (χ3v) is 23.9. The molecule has 0 saturated heterocycles. The maximum atomic E-state index is 5.96. The van der Waals surface area contributed by atoms with Crippen LogP contribution in [-0.2, 0) is 0 Å². The number of benzene rings is 4. The van der Waals surface area contributed by atoms with Gasteiger partial charge in [0.2, 0.25) is 0 Å². The van der Waals surface area contributed by atoms with E-state index in [1.54, 1.807) is 11.8 Å². The van der Waals surface area contributed by atoms with Crippen LogP contribution in [-0.4, -0.2) is 20.3 Å². The van der Waals surface area contributed by atoms with Crippen molar-refractivity contribution >= 4 is 64.1 Å². The molecule has 0 aliphatic rings. The van der Waals surface area contributed by atoms with E-state index in [1.165, 1.54) is 15.7 Å². The minimum absolute atomic E-state index is 0.981. The molecule has 4 aromatic rings. The molecule has 0 heterocycles. The molecule has 4 heteroatoms. The molecule has 0 atom stereocenters. The number of hydrogen-bond donors (Lipinski definition) is 0. The molecule has 144 valence electrons. The molecular weight excluding hydrogens is 524 g/mol. The van der Waals surface area contributed by atoms with Gasteiger partial charge in [-0.25, -0.2) is 0 Å². The Morgan fingerprint density at radius 2 is 0.862 bits per heavy atom. The molecule has 0 N–H and O–H groups in total. The normalized spacial score (nSPS) is 11.7. The van der Waals surface area contributed by atoms with E-state index in [2.05, 4.69) is 115 Å². The van der Waals surface area contributed by atoms with Crippen molar-refractivity contribution < 1.29 is 0 Å². The van der Waals surface area contributed by atoms with Crippen LogP contribution < -0.4 is 10.8 Å². The second-order valence-corrected chi connectivity index (χ2v) is 21.1. The summed E-state index contributed by atoms with van der Waals surface area (Å²) >= 11 is 4.54. The zero-order valence-electron chi connectivity index (χ0n) is 15.7. The van der Waals surface area contributed by atoms with Gasteiger partial charge in [0.05, 0.1) is 0 Å². The summed E-state index contributed by atoms with van der Waals surface area (Å²) in [6, 6.07) is 43.3. The number of thioether (sulfide) groups is 1. The predicted octanol–water partition coefficient (Wildman–Crippen LogP) is 5.46. The Morgan fingerprint density at radius 3 is 1.24 bits per heavy atom. The van der Waals surface area contributed by atoms with Crippen LogP contribution in [0.3, 0.4) is 0 Å². The van der Waals surface area contributed by atoms with Crippen LogP contribution in [0, 0.1) is 0 Å². The topological polar surface area (TPSA) is 0 Å². The summed E-state index contributed by atoms with van der Waals surface area (Å²) in [5, 5.41) is 0. The first-order chi connectivity index (χ1) is 14.3. The Balaban J connectivity index is 1.85. The number of rotatable bonds is 5. The summed E-state index contributed by atoms with van der Waals surface area (Å²) in [5.74, 6) is 0. The van der Waals surface area contributed by atoms with E-state index < -0.39 is 16.8 Å². The van der Waals surface area contributed by atoms with Crippen molar-refractivity contribution in [3.63, 3.8) is 0 Å². The third kappa shape index (κ3) is 4.79. The minimum atomic E-state index is -3.11. The summed E-state index contributed by atoms with van der Waals surface area (Å²) in [6.45, 7) is 0. The van der Waals surface area contributed by atoms with Gasteiger partial charge in [0.15, 0.2) is 0 Å². The van der Waals surface area contributed by atoms with Crippen molar-refractivity contribution in [3.05, 3.63) is 121 Å². The van der Waals surface area contributed by atoms with Gasteiger partial charge >= 0.3 is 190 Å². The number of hydrogen-bond acceptors (Lipinski definition) is 3. The second kappa shape index (κ2) is 9.98. The first-order valence-electron chi connectivity index (χ1n) is 9.24. The Labute approximate surface area is 189 Å². The maximum absolute atomic E-state index is 5.96. The van der Waals surface area contributed by atoms with Gasteiger partial charge in [-0.3, -0.25) is 0 Å². The average Bonchev–Trinajstić information content (AvgIpc) is 2.80. The van der Waals surface area contributed by atoms with E-state index in [4.69, 9.17) is 12.2 Å². The molecule has 0 fully saturated rings. The fourth-order valence-electron chi connectivity index (χ4n) is 3.09. The molecule has 0 spiro atoms. The summed E-state index contributed by atoms with van der Waals surface area (Å²) in [6.07, 6.45) is 0. The summed E-state index contributed by atoms with van der Waals surface area (Å²) in [5.41, 5.74) is 0. The van der Waals surface area contributed by atoms with E-state index >= 15 is 0 Å². The van der Waals surface area contributed by atoms with Gasteiger partial charge in [-0.2, -0.15) is 0 Å². The van der Waals surface area contributed by atoms with Crippen LogP contribution in [0.5, 0.6) is 0 Å². The van der Waals surface area contributed by atoms with E-state index in [1.807, 2.05) is 15.1 Å². The van der Waals surface area contributed by atoms with Crippen molar-refractivity contribution in [2.24, 2.45) is 0 Å². The quantitative estimate of drug-likeness (QED) is 0.186. The van der Waals surface area contributed by atoms with Gasteiger partial charge in [-0.05, 0) is 0 Å². The van der Waals surface area contributed by atoms with Crippen molar-refractivity contribution in [1.29, 1.82) is 0 Å². The molecule has 0 saturated carbocycles. The molecule has 0 aliphatic heterocycles. The van der Waals surface area contributed by atoms with Gasteiger partial charge in [-0.1, -0.05) is 0 Å². The van der Waals surface area contributed by atoms with E-state index in [0.717, 1.165) is 3.53 Å². The Bertz CT molecular complexity index is 956. The molecule has 0 amide bonds. The summed E-state index contributed by atoms with van der Waals surface area (Å²) in [4.78, 5) is 1.19. The molecule has 0 bridgehead atoms. The summed E-state index contributed by atoms with van der Waals surface area (Å²) < 4.78 is 5.21. The predicted molar refractivity (Wildman–Crippen MR) is 136 cm³/mol. The fraction of sp³-hybridized carbons (Fsp3) is 0. The molecular formula is C25H20S3Te. The van der Waals surface area contributed by atoms with Gasteiger partial charge in [-0.15, -0.1) is 0 Å². The standard InChI is InChI=1S/C25H20S3Te/c26-25(27-21-13-5-1-6-14-21)28-29(22-15-7-2-8-16-22,23-17-9-3-10-18-23)24-19-11-4-12-20-24/h1-20H.